The van der Waals surface area contributed by atoms with Gasteiger partial charge in [0.05, 0.1) is 17.5 Å². The molecule has 2 amide bonds. The molecule has 0 spiro atoms. The lowest BCUT2D eigenvalue weighted by atomic mass is 10.2. The molecule has 1 aliphatic rings. The molecule has 0 aromatic carbocycles. The number of aromatic amines is 1. The fourth-order valence-electron chi connectivity index (χ4n) is 3.41. The average molecular weight is 383 g/mol. The van der Waals surface area contributed by atoms with Crippen LogP contribution < -0.4 is 5.56 Å². The Morgan fingerprint density at radius 3 is 2.61 bits per heavy atom. The highest BCUT2D eigenvalue weighted by Crippen LogP contribution is 2.15. The van der Waals surface area contributed by atoms with Crippen LogP contribution in [-0.4, -0.2) is 72.2 Å². The van der Waals surface area contributed by atoms with Crippen LogP contribution in [0.1, 0.15) is 29.4 Å². The topological polar surface area (TPSA) is 109 Å². The van der Waals surface area contributed by atoms with Crippen LogP contribution in [0.5, 0.6) is 0 Å². The Hall–Kier alpha value is -3.43. The maximum atomic E-state index is 12.9. The third kappa shape index (κ3) is 2.96. The minimum absolute atomic E-state index is 0.103. The van der Waals surface area contributed by atoms with E-state index in [1.807, 2.05) is 6.92 Å². The number of rotatable bonds is 3. The predicted octanol–water partition coefficient (Wildman–Crippen LogP) is 0.211. The molecule has 10 heteroatoms. The molecule has 3 aromatic rings. The van der Waals surface area contributed by atoms with Gasteiger partial charge in [-0.2, -0.15) is 5.10 Å². The van der Waals surface area contributed by atoms with Gasteiger partial charge >= 0.3 is 0 Å². The van der Waals surface area contributed by atoms with Gasteiger partial charge in [0.25, 0.3) is 11.5 Å². The number of H-pyrrole nitrogens is 1. The van der Waals surface area contributed by atoms with Crippen LogP contribution in [0.4, 0.5) is 0 Å². The molecule has 1 aliphatic heterocycles. The third-order valence-electron chi connectivity index (χ3n) is 5.05. The molecule has 146 valence electrons. The summed E-state index contributed by atoms with van der Waals surface area (Å²) in [6.45, 7) is 5.63. The van der Waals surface area contributed by atoms with Gasteiger partial charge in [-0.25, -0.2) is 9.20 Å². The van der Waals surface area contributed by atoms with Crippen LogP contribution in [-0.2, 0) is 4.79 Å². The number of nitrogens with zero attached hydrogens (tertiary/aromatic N) is 6. The van der Waals surface area contributed by atoms with E-state index < -0.39 is 0 Å². The summed E-state index contributed by atoms with van der Waals surface area (Å²) in [4.78, 5) is 43.1. The molecule has 4 heterocycles. The van der Waals surface area contributed by atoms with Gasteiger partial charge in [0.15, 0.2) is 0 Å². The van der Waals surface area contributed by atoms with Crippen molar-refractivity contribution in [2.45, 2.75) is 20.3 Å². The molecule has 3 aromatic heterocycles. The molecule has 0 aliphatic carbocycles. The van der Waals surface area contributed by atoms with E-state index in [4.69, 9.17) is 0 Å². The number of nitrogens with one attached hydrogen (secondary N) is 1. The van der Waals surface area contributed by atoms with Gasteiger partial charge in [-0.15, -0.1) is 5.10 Å². The van der Waals surface area contributed by atoms with Crippen molar-refractivity contribution >= 4 is 17.3 Å². The molecule has 0 unspecified atom stereocenters. The molecule has 0 radical (unpaired) electrons. The Bertz CT molecular complexity index is 1100. The normalized spacial score (nSPS) is 14.6. The third-order valence-corrected chi connectivity index (χ3v) is 5.05. The Kier molecular flexibility index (Phi) is 4.46. The van der Waals surface area contributed by atoms with Gasteiger partial charge in [0.1, 0.15) is 5.52 Å². The van der Waals surface area contributed by atoms with E-state index in [-0.39, 0.29) is 23.3 Å². The summed E-state index contributed by atoms with van der Waals surface area (Å²) >= 11 is 0. The molecule has 28 heavy (non-hydrogen) atoms. The second kappa shape index (κ2) is 6.95. The van der Waals surface area contributed by atoms with E-state index in [0.29, 0.717) is 49.4 Å². The van der Waals surface area contributed by atoms with Crippen molar-refractivity contribution in [3.63, 3.8) is 0 Å². The SMILES string of the molecule is CCC(=O)N1CCN(C(=O)c2cnn(-c3nn4cccc4c(=O)[nH]3)c2C)CC1. The minimum atomic E-state index is -0.283. The second-order valence-electron chi connectivity index (χ2n) is 6.70. The lowest BCUT2D eigenvalue weighted by molar-refractivity contribution is -0.132. The second-order valence-corrected chi connectivity index (χ2v) is 6.70. The highest BCUT2D eigenvalue weighted by atomic mass is 16.2. The number of hydrogen-bond donors (Lipinski definition) is 1. The Morgan fingerprint density at radius 1 is 1.18 bits per heavy atom. The first-order valence-electron chi connectivity index (χ1n) is 9.19. The lowest BCUT2D eigenvalue weighted by Crippen LogP contribution is -2.50. The van der Waals surface area contributed by atoms with Crippen molar-refractivity contribution in [2.24, 2.45) is 0 Å². The highest BCUT2D eigenvalue weighted by Gasteiger charge is 2.26. The maximum absolute atomic E-state index is 12.9. The van der Waals surface area contributed by atoms with Crippen LogP contribution in [0.2, 0.25) is 0 Å². The van der Waals surface area contributed by atoms with Gasteiger partial charge < -0.3 is 9.80 Å². The minimum Gasteiger partial charge on any atom is -0.339 e. The van der Waals surface area contributed by atoms with Crippen LogP contribution in [0.25, 0.3) is 11.5 Å². The Morgan fingerprint density at radius 2 is 1.89 bits per heavy atom. The number of carbonyl (C=O) groups is 2. The van der Waals surface area contributed by atoms with Crippen molar-refractivity contribution in [3.05, 3.63) is 46.1 Å². The Labute approximate surface area is 160 Å². The van der Waals surface area contributed by atoms with E-state index in [9.17, 15) is 14.4 Å². The molecule has 0 bridgehead atoms. The quantitative estimate of drug-likeness (QED) is 0.696. The fourth-order valence-corrected chi connectivity index (χ4v) is 3.41. The van der Waals surface area contributed by atoms with Crippen LogP contribution in [0.3, 0.4) is 0 Å². The summed E-state index contributed by atoms with van der Waals surface area (Å²) in [5.41, 5.74) is 1.19. The fraction of sp³-hybridized carbons (Fsp3) is 0.389. The monoisotopic (exact) mass is 383 g/mol. The van der Waals surface area contributed by atoms with Gasteiger partial charge in [0.2, 0.25) is 11.9 Å². The molecule has 0 atom stereocenters. The zero-order chi connectivity index (χ0) is 19.8. The van der Waals surface area contributed by atoms with E-state index >= 15 is 0 Å². The number of hydrogen-bond acceptors (Lipinski definition) is 5. The number of aromatic nitrogens is 5. The highest BCUT2D eigenvalue weighted by molar-refractivity contribution is 5.95. The molecule has 10 nitrogen and oxygen atoms in total. The van der Waals surface area contributed by atoms with E-state index in [1.54, 1.807) is 35.1 Å². The molecular weight excluding hydrogens is 362 g/mol. The molecule has 1 saturated heterocycles. The maximum Gasteiger partial charge on any atom is 0.276 e. The molecule has 1 N–H and O–H groups in total. The van der Waals surface area contributed by atoms with Crippen molar-refractivity contribution < 1.29 is 9.59 Å². The first-order valence-corrected chi connectivity index (χ1v) is 9.19. The van der Waals surface area contributed by atoms with Gasteiger partial charge in [-0.1, -0.05) is 6.92 Å². The Balaban J connectivity index is 1.57. The number of fused-ring (bicyclic) bond motifs is 1. The summed E-state index contributed by atoms with van der Waals surface area (Å²) in [6, 6.07) is 3.40. The smallest absolute Gasteiger partial charge is 0.276 e. The predicted molar refractivity (Wildman–Crippen MR) is 100 cm³/mol. The largest absolute Gasteiger partial charge is 0.339 e. The van der Waals surface area contributed by atoms with Crippen LogP contribution in [0, 0.1) is 6.92 Å². The molecule has 1 fully saturated rings. The zero-order valence-electron chi connectivity index (χ0n) is 15.8. The van der Waals surface area contributed by atoms with E-state index in [2.05, 4.69) is 15.2 Å². The summed E-state index contributed by atoms with van der Waals surface area (Å²) in [7, 11) is 0. The molecule has 4 rings (SSSR count). The number of piperazine rings is 1. The summed E-state index contributed by atoms with van der Waals surface area (Å²) in [5.74, 6) is 0.201. The first kappa shape index (κ1) is 18.0. The van der Waals surface area contributed by atoms with Crippen molar-refractivity contribution in [1.82, 2.24) is 34.2 Å². The van der Waals surface area contributed by atoms with Crippen molar-refractivity contribution in [1.29, 1.82) is 0 Å². The zero-order valence-corrected chi connectivity index (χ0v) is 15.8. The van der Waals surface area contributed by atoms with Gasteiger partial charge in [0, 0.05) is 38.8 Å². The summed E-state index contributed by atoms with van der Waals surface area (Å²) in [6.07, 6.45) is 3.63. The van der Waals surface area contributed by atoms with Crippen LogP contribution >= 0.6 is 0 Å². The van der Waals surface area contributed by atoms with Crippen LogP contribution in [0.15, 0.2) is 29.3 Å². The standard InChI is InChI=1S/C18H21N7O3/c1-3-15(26)22-7-9-23(10-8-22)17(28)13-11-19-25(12(13)2)18-20-16(27)14-5-4-6-24(14)21-18/h4-6,11H,3,7-10H2,1-2H3,(H,20,21,27). The summed E-state index contributed by atoms with van der Waals surface area (Å²) < 4.78 is 2.92. The average Bonchev–Trinajstić information content (AvgIpc) is 3.33. The van der Waals surface area contributed by atoms with E-state index in [0.717, 1.165) is 0 Å². The summed E-state index contributed by atoms with van der Waals surface area (Å²) in [5, 5.41) is 8.59. The van der Waals surface area contributed by atoms with E-state index in [1.165, 1.54) is 15.4 Å². The van der Waals surface area contributed by atoms with Crippen molar-refractivity contribution in [3.8, 4) is 5.95 Å². The molecular formula is C18H21N7O3. The van der Waals surface area contributed by atoms with Crippen molar-refractivity contribution in [2.75, 3.05) is 26.2 Å². The molecule has 0 saturated carbocycles. The van der Waals surface area contributed by atoms with Gasteiger partial charge in [-0.05, 0) is 19.1 Å². The lowest BCUT2D eigenvalue weighted by Gasteiger charge is -2.34. The number of amides is 2. The first-order chi connectivity index (χ1) is 13.5. The van der Waals surface area contributed by atoms with Gasteiger partial charge in [-0.3, -0.25) is 19.4 Å². The number of carbonyl (C=O) groups excluding carboxylic acids is 2.